The molecule has 0 saturated heterocycles. The Balaban J connectivity index is 2.29. The third kappa shape index (κ3) is 4.64. The van der Waals surface area contributed by atoms with E-state index in [2.05, 4.69) is 0 Å². The second kappa shape index (κ2) is 7.39. The monoisotopic (exact) mass is 332 g/mol. The lowest BCUT2D eigenvalue weighted by Gasteiger charge is -2.24. The second-order valence-corrected chi connectivity index (χ2v) is 7.52. The van der Waals surface area contributed by atoms with Gasteiger partial charge in [0.2, 0.25) is 15.9 Å². The topological polar surface area (TPSA) is 57.7 Å². The highest BCUT2D eigenvalue weighted by Gasteiger charge is 2.24. The lowest BCUT2D eigenvalue weighted by Crippen LogP contribution is -2.39. The van der Waals surface area contributed by atoms with Gasteiger partial charge in [-0.25, -0.2) is 12.7 Å². The highest BCUT2D eigenvalue weighted by Crippen LogP contribution is 2.18. The molecule has 0 aliphatic heterocycles. The first-order chi connectivity index (χ1) is 10.9. The lowest BCUT2D eigenvalue weighted by atomic mass is 10.2. The molecule has 0 heterocycles. The first-order valence-electron chi connectivity index (χ1n) is 7.20. The Morgan fingerprint density at radius 2 is 1.43 bits per heavy atom. The molecule has 0 aliphatic carbocycles. The molecule has 0 fully saturated rings. The number of anilines is 1. The molecule has 0 N–H and O–H groups in total. The van der Waals surface area contributed by atoms with Gasteiger partial charge in [-0.15, -0.1) is 0 Å². The molecule has 0 atom stereocenters. The molecule has 5 nitrogen and oxygen atoms in total. The van der Waals surface area contributed by atoms with Crippen LogP contribution in [0.1, 0.15) is 5.56 Å². The van der Waals surface area contributed by atoms with Gasteiger partial charge in [0.1, 0.15) is 5.75 Å². The number of benzene rings is 2. The summed E-state index contributed by atoms with van der Waals surface area (Å²) < 4.78 is 25.1. The molecule has 0 spiro atoms. The van der Waals surface area contributed by atoms with Gasteiger partial charge in [-0.05, 0) is 17.7 Å². The Bertz CT molecular complexity index is 744. The third-order valence-corrected chi connectivity index (χ3v) is 5.14. The maximum absolute atomic E-state index is 12.6. The molecule has 6 heteroatoms. The number of para-hydroxylation sites is 1. The fraction of sp³-hybridized carbons (Fsp3) is 0.235. The van der Waals surface area contributed by atoms with Crippen LogP contribution in [0.4, 0.5) is 5.69 Å². The Labute approximate surface area is 137 Å². The molecule has 0 saturated carbocycles. The number of sulfonamides is 1. The largest absolute Gasteiger partial charge is 0.307 e. The summed E-state index contributed by atoms with van der Waals surface area (Å²) >= 11 is 0. The molecule has 2 rings (SSSR count). The summed E-state index contributed by atoms with van der Waals surface area (Å²) in [4.78, 5) is 14.1. The molecule has 0 bridgehead atoms. The SMILES string of the molecule is CN(C)S(=O)(=O)CC(=O)N(Cc1ccccc1)c1ccccc1. The molecule has 0 aromatic heterocycles. The van der Waals surface area contributed by atoms with E-state index in [9.17, 15) is 13.2 Å². The molecule has 2 aromatic rings. The first-order valence-corrected chi connectivity index (χ1v) is 8.80. The third-order valence-electron chi connectivity index (χ3n) is 3.41. The van der Waals surface area contributed by atoms with Gasteiger partial charge in [-0.2, -0.15) is 0 Å². The zero-order valence-corrected chi connectivity index (χ0v) is 14.0. The summed E-state index contributed by atoms with van der Waals surface area (Å²) in [6.45, 7) is 0.326. The van der Waals surface area contributed by atoms with Gasteiger partial charge in [0.15, 0.2) is 0 Å². The number of hydrogen-bond donors (Lipinski definition) is 0. The maximum Gasteiger partial charge on any atom is 0.243 e. The zero-order chi connectivity index (χ0) is 16.9. The van der Waals surface area contributed by atoms with Crippen molar-refractivity contribution in [2.45, 2.75) is 6.54 Å². The number of rotatable bonds is 6. The van der Waals surface area contributed by atoms with Crippen LogP contribution < -0.4 is 4.90 Å². The predicted octanol–water partition coefficient (Wildman–Crippen LogP) is 2.11. The van der Waals surface area contributed by atoms with E-state index >= 15 is 0 Å². The maximum atomic E-state index is 12.6. The van der Waals surface area contributed by atoms with Crippen molar-refractivity contribution in [1.82, 2.24) is 4.31 Å². The molecule has 2 aromatic carbocycles. The number of carbonyl (C=O) groups excluding carboxylic acids is 1. The zero-order valence-electron chi connectivity index (χ0n) is 13.2. The smallest absolute Gasteiger partial charge is 0.243 e. The van der Waals surface area contributed by atoms with Crippen molar-refractivity contribution in [2.24, 2.45) is 0 Å². The van der Waals surface area contributed by atoms with Crippen LogP contribution in [0.25, 0.3) is 0 Å². The number of carbonyl (C=O) groups is 1. The fourth-order valence-electron chi connectivity index (χ4n) is 2.06. The summed E-state index contributed by atoms with van der Waals surface area (Å²) in [5.41, 5.74) is 1.61. The Kier molecular flexibility index (Phi) is 5.52. The summed E-state index contributed by atoms with van der Waals surface area (Å²) in [6.07, 6.45) is 0. The lowest BCUT2D eigenvalue weighted by molar-refractivity contribution is -0.116. The second-order valence-electron chi connectivity index (χ2n) is 5.34. The summed E-state index contributed by atoms with van der Waals surface area (Å²) in [5, 5.41) is 0. The number of amides is 1. The fourth-order valence-corrected chi connectivity index (χ4v) is 2.79. The molecular formula is C17H20N2O3S. The van der Waals surface area contributed by atoms with E-state index in [1.165, 1.54) is 19.0 Å². The molecule has 0 aliphatic rings. The van der Waals surface area contributed by atoms with Crippen LogP contribution >= 0.6 is 0 Å². The van der Waals surface area contributed by atoms with Crippen molar-refractivity contribution in [1.29, 1.82) is 0 Å². The van der Waals surface area contributed by atoms with Crippen LogP contribution in [0.2, 0.25) is 0 Å². The van der Waals surface area contributed by atoms with Crippen LogP contribution in [0.5, 0.6) is 0 Å². The van der Waals surface area contributed by atoms with E-state index in [-0.39, 0.29) is 0 Å². The van der Waals surface area contributed by atoms with E-state index in [0.29, 0.717) is 12.2 Å². The van der Waals surface area contributed by atoms with E-state index in [0.717, 1.165) is 9.87 Å². The quantitative estimate of drug-likeness (QED) is 0.814. The average molecular weight is 332 g/mol. The van der Waals surface area contributed by atoms with Gasteiger partial charge in [-0.3, -0.25) is 4.79 Å². The summed E-state index contributed by atoms with van der Waals surface area (Å²) in [5.74, 6) is -1.00. The minimum Gasteiger partial charge on any atom is -0.307 e. The molecule has 23 heavy (non-hydrogen) atoms. The van der Waals surface area contributed by atoms with E-state index in [4.69, 9.17) is 0 Å². The van der Waals surface area contributed by atoms with Crippen molar-refractivity contribution in [3.05, 3.63) is 66.2 Å². The Morgan fingerprint density at radius 3 is 1.96 bits per heavy atom. The highest BCUT2D eigenvalue weighted by molar-refractivity contribution is 7.89. The van der Waals surface area contributed by atoms with Crippen LogP contribution in [-0.2, 0) is 21.4 Å². The molecule has 1 amide bonds. The summed E-state index contributed by atoms with van der Waals surface area (Å²) in [6, 6.07) is 18.6. The van der Waals surface area contributed by atoms with E-state index < -0.39 is 21.7 Å². The standard InChI is InChI=1S/C17H20N2O3S/c1-18(2)23(21,22)14-17(20)19(16-11-7-4-8-12-16)13-15-9-5-3-6-10-15/h3-12H,13-14H2,1-2H3. The number of nitrogens with zero attached hydrogens (tertiary/aromatic N) is 2. The van der Waals surface area contributed by atoms with Crippen molar-refractivity contribution in [3.63, 3.8) is 0 Å². The van der Waals surface area contributed by atoms with Gasteiger partial charge in [0, 0.05) is 19.8 Å². The minimum absolute atomic E-state index is 0.326. The van der Waals surface area contributed by atoms with Gasteiger partial charge in [-0.1, -0.05) is 48.5 Å². The Hall–Kier alpha value is -2.18. The predicted molar refractivity (Wildman–Crippen MR) is 91.5 cm³/mol. The Morgan fingerprint density at radius 1 is 0.913 bits per heavy atom. The van der Waals surface area contributed by atoms with Crippen molar-refractivity contribution < 1.29 is 13.2 Å². The summed E-state index contributed by atoms with van der Waals surface area (Å²) in [7, 11) is -0.754. The van der Waals surface area contributed by atoms with Gasteiger partial charge in [0.05, 0.1) is 6.54 Å². The van der Waals surface area contributed by atoms with Crippen LogP contribution in [-0.4, -0.2) is 38.5 Å². The van der Waals surface area contributed by atoms with Crippen molar-refractivity contribution in [3.8, 4) is 0 Å². The molecular weight excluding hydrogens is 312 g/mol. The van der Waals surface area contributed by atoms with Crippen LogP contribution in [0, 0.1) is 0 Å². The van der Waals surface area contributed by atoms with Crippen molar-refractivity contribution >= 4 is 21.6 Å². The highest BCUT2D eigenvalue weighted by atomic mass is 32.2. The normalized spacial score (nSPS) is 11.4. The van der Waals surface area contributed by atoms with Gasteiger partial charge >= 0.3 is 0 Å². The van der Waals surface area contributed by atoms with Crippen molar-refractivity contribution in [2.75, 3.05) is 24.7 Å². The first kappa shape index (κ1) is 17.2. The van der Waals surface area contributed by atoms with Gasteiger partial charge < -0.3 is 4.90 Å². The molecule has 0 unspecified atom stereocenters. The van der Waals surface area contributed by atoms with Crippen LogP contribution in [0.3, 0.4) is 0 Å². The van der Waals surface area contributed by atoms with Crippen LogP contribution in [0.15, 0.2) is 60.7 Å². The molecule has 122 valence electrons. The van der Waals surface area contributed by atoms with Gasteiger partial charge in [0.25, 0.3) is 0 Å². The average Bonchev–Trinajstić information content (AvgIpc) is 2.53. The van der Waals surface area contributed by atoms with E-state index in [1.54, 1.807) is 12.1 Å². The number of hydrogen-bond acceptors (Lipinski definition) is 3. The van der Waals surface area contributed by atoms with E-state index in [1.807, 2.05) is 48.5 Å². The molecule has 0 radical (unpaired) electrons. The minimum atomic E-state index is -3.60.